The van der Waals surface area contributed by atoms with Crippen molar-refractivity contribution in [2.75, 3.05) is 0 Å². The normalized spacial score (nSPS) is 49.2. The molecule has 0 radical (unpaired) electrons. The molecule has 0 amide bonds. The van der Waals surface area contributed by atoms with Gasteiger partial charge >= 0.3 is 29.3 Å². The third-order valence-electron chi connectivity index (χ3n) is 13.3. The second-order valence-electron chi connectivity index (χ2n) is 15.5. The van der Waals surface area contributed by atoms with Crippen LogP contribution in [0.5, 0.6) is 0 Å². The summed E-state index contributed by atoms with van der Waals surface area (Å²) in [6.07, 6.45) is 10.0. The van der Waals surface area contributed by atoms with Crippen molar-refractivity contribution in [3.63, 3.8) is 0 Å². The first kappa shape index (κ1) is 29.9. The molecule has 38 heavy (non-hydrogen) atoms. The van der Waals surface area contributed by atoms with Crippen molar-refractivity contribution in [2.24, 2.45) is 50.2 Å². The number of hydrogen-bond donors (Lipinski definition) is 1. The molecule has 9 atom stereocenters. The predicted octanol–water partition coefficient (Wildman–Crippen LogP) is 6.60. The Balaban J connectivity index is 0.00000336. The van der Waals surface area contributed by atoms with E-state index in [0.29, 0.717) is 18.8 Å². The molecule has 4 saturated carbocycles. The summed E-state index contributed by atoms with van der Waals surface area (Å²) >= 11 is 0. The molecule has 5 aliphatic rings. The number of carboxylic acid groups (broad SMARTS) is 1. The molecular weight excluding hydrogens is 491 g/mol. The standard InChI is InChI=1S/C32H48O5.Al/c1-19(33)37-24-10-11-30(6)23(27(24,2)3)9-12-32(8)25(30)22(34)17-20-21-18-29(5,26(35)36)14-13-28(21,4)15-16-31(20,32)7;/h17,21,23-25H,9-16,18H2,1-8H3,(H,35,36);/q;+3/t21-,23-,24-,25+,28+,29-,30-,31+,32+;/m0./s1. The number of carbonyl (C=O) groups excluding carboxylic acids is 2. The maximum absolute atomic E-state index is 14.4. The van der Waals surface area contributed by atoms with Gasteiger partial charge < -0.3 is 9.84 Å². The van der Waals surface area contributed by atoms with Gasteiger partial charge in [-0.15, -0.1) is 0 Å². The first-order valence-electron chi connectivity index (χ1n) is 14.6. The van der Waals surface area contributed by atoms with E-state index in [1.54, 1.807) is 0 Å². The summed E-state index contributed by atoms with van der Waals surface area (Å²) in [5.41, 5.74) is -0.0327. The fourth-order valence-corrected chi connectivity index (χ4v) is 10.8. The molecule has 0 bridgehead atoms. The van der Waals surface area contributed by atoms with Crippen molar-refractivity contribution < 1.29 is 24.2 Å². The van der Waals surface area contributed by atoms with Crippen LogP contribution in [0.15, 0.2) is 11.6 Å². The quantitative estimate of drug-likeness (QED) is 0.316. The van der Waals surface area contributed by atoms with E-state index in [2.05, 4.69) is 41.5 Å². The second kappa shape index (κ2) is 8.94. The summed E-state index contributed by atoms with van der Waals surface area (Å²) in [6.45, 7) is 17.4. The molecule has 0 aliphatic heterocycles. The van der Waals surface area contributed by atoms with Crippen molar-refractivity contribution in [3.05, 3.63) is 11.6 Å². The number of rotatable bonds is 2. The summed E-state index contributed by atoms with van der Waals surface area (Å²) in [5.74, 6) is -0.280. The molecule has 0 saturated heterocycles. The Morgan fingerprint density at radius 1 is 0.921 bits per heavy atom. The zero-order valence-corrected chi connectivity index (χ0v) is 26.1. The monoisotopic (exact) mass is 539 g/mol. The number of allylic oxidation sites excluding steroid dienone is 2. The number of hydrogen-bond acceptors (Lipinski definition) is 4. The molecule has 0 aromatic heterocycles. The van der Waals surface area contributed by atoms with E-state index in [9.17, 15) is 19.5 Å². The van der Waals surface area contributed by atoms with Gasteiger partial charge in [0.2, 0.25) is 0 Å². The molecule has 6 heteroatoms. The molecule has 1 N–H and O–H groups in total. The van der Waals surface area contributed by atoms with Gasteiger partial charge in [-0.2, -0.15) is 0 Å². The van der Waals surface area contributed by atoms with Crippen LogP contribution in [0.2, 0.25) is 0 Å². The number of esters is 1. The van der Waals surface area contributed by atoms with Gasteiger partial charge in [0.25, 0.3) is 0 Å². The van der Waals surface area contributed by atoms with Gasteiger partial charge in [-0.05, 0) is 104 Å². The van der Waals surface area contributed by atoms with Crippen LogP contribution >= 0.6 is 0 Å². The van der Waals surface area contributed by atoms with E-state index in [0.717, 1.165) is 44.9 Å². The molecular formula is C32H48AlO5+3. The predicted molar refractivity (Wildman–Crippen MR) is 148 cm³/mol. The Bertz CT molecular complexity index is 1080. The molecule has 0 unspecified atom stereocenters. The van der Waals surface area contributed by atoms with E-state index >= 15 is 0 Å². The largest absolute Gasteiger partial charge is 3.00 e. The van der Waals surface area contributed by atoms with Gasteiger partial charge in [-0.1, -0.05) is 47.1 Å². The van der Waals surface area contributed by atoms with Gasteiger partial charge in [0, 0.05) is 18.3 Å². The fraction of sp³-hybridized carbons (Fsp3) is 0.844. The third-order valence-corrected chi connectivity index (χ3v) is 13.3. The van der Waals surface area contributed by atoms with E-state index in [4.69, 9.17) is 4.74 Å². The van der Waals surface area contributed by atoms with Crippen molar-refractivity contribution in [3.8, 4) is 0 Å². The van der Waals surface area contributed by atoms with Crippen LogP contribution in [0, 0.1) is 50.2 Å². The van der Waals surface area contributed by atoms with Gasteiger partial charge in [0.15, 0.2) is 5.78 Å². The van der Waals surface area contributed by atoms with E-state index in [-0.39, 0.29) is 74.1 Å². The molecule has 206 valence electrons. The molecule has 5 rings (SSSR count). The summed E-state index contributed by atoms with van der Waals surface area (Å²) in [4.78, 5) is 38.5. The van der Waals surface area contributed by atoms with Crippen LogP contribution in [0.1, 0.15) is 113 Å². The van der Waals surface area contributed by atoms with Crippen molar-refractivity contribution >= 4 is 35.1 Å². The average Bonchev–Trinajstić information content (AvgIpc) is 2.78. The maximum Gasteiger partial charge on any atom is 3.00 e. The number of carboxylic acids is 1. The molecule has 5 nitrogen and oxygen atoms in total. The Hall–Kier alpha value is -1.12. The Morgan fingerprint density at radius 2 is 1.55 bits per heavy atom. The van der Waals surface area contributed by atoms with Crippen LogP contribution in [-0.2, 0) is 19.1 Å². The topological polar surface area (TPSA) is 80.7 Å². The number of carbonyl (C=O) groups is 3. The average molecular weight is 540 g/mol. The van der Waals surface area contributed by atoms with Crippen molar-refractivity contribution in [2.45, 2.75) is 119 Å². The number of ketones is 1. The summed E-state index contributed by atoms with van der Waals surface area (Å²) in [6, 6.07) is 0. The van der Waals surface area contributed by atoms with E-state index in [1.165, 1.54) is 12.5 Å². The van der Waals surface area contributed by atoms with Gasteiger partial charge in [-0.3, -0.25) is 14.4 Å². The van der Waals surface area contributed by atoms with E-state index < -0.39 is 11.4 Å². The Morgan fingerprint density at radius 3 is 2.16 bits per heavy atom. The van der Waals surface area contributed by atoms with Crippen LogP contribution in [0.3, 0.4) is 0 Å². The van der Waals surface area contributed by atoms with Gasteiger partial charge in [0.1, 0.15) is 6.10 Å². The van der Waals surface area contributed by atoms with Gasteiger partial charge in [-0.25, -0.2) is 0 Å². The molecule has 0 aromatic rings. The summed E-state index contributed by atoms with van der Waals surface area (Å²) in [5, 5.41) is 10.1. The van der Waals surface area contributed by atoms with Crippen molar-refractivity contribution in [1.82, 2.24) is 0 Å². The van der Waals surface area contributed by atoms with Crippen LogP contribution < -0.4 is 0 Å². The SMILES string of the molecule is CC(=O)O[C@H]1CC[C@]2(C)[C@H]3C(=O)C=C4[C@@H]5C[C@@](C)(C(=O)O)CC[C@]5(C)CC[C@@]4(C)[C@]3(C)CC[C@H]2C1(C)C.[Al+3]. The van der Waals surface area contributed by atoms with Crippen LogP contribution in [0.4, 0.5) is 0 Å². The minimum absolute atomic E-state index is 0. The fourth-order valence-electron chi connectivity index (χ4n) is 10.8. The summed E-state index contributed by atoms with van der Waals surface area (Å²) < 4.78 is 5.82. The number of ether oxygens (including phenoxy) is 1. The zero-order chi connectivity index (χ0) is 27.4. The van der Waals surface area contributed by atoms with E-state index in [1.807, 2.05) is 13.0 Å². The minimum atomic E-state index is -0.729. The minimum Gasteiger partial charge on any atom is -0.481 e. The number of fused-ring (bicyclic) bond motifs is 7. The Labute approximate surface area is 240 Å². The molecule has 4 fully saturated rings. The molecule has 0 aromatic carbocycles. The van der Waals surface area contributed by atoms with Crippen molar-refractivity contribution in [1.29, 1.82) is 0 Å². The second-order valence-corrected chi connectivity index (χ2v) is 15.5. The van der Waals surface area contributed by atoms with Crippen LogP contribution in [-0.4, -0.2) is 46.3 Å². The first-order chi connectivity index (χ1) is 16.9. The third kappa shape index (κ3) is 3.78. The smallest absolute Gasteiger partial charge is 0.481 e. The Kier molecular flexibility index (Phi) is 7.02. The zero-order valence-electron chi connectivity index (χ0n) is 24.9. The first-order valence-corrected chi connectivity index (χ1v) is 14.6. The molecule has 0 spiro atoms. The molecule has 0 heterocycles. The summed E-state index contributed by atoms with van der Waals surface area (Å²) in [7, 11) is 0. The number of aliphatic carboxylic acids is 1. The molecule has 5 aliphatic carbocycles. The maximum atomic E-state index is 14.4. The van der Waals surface area contributed by atoms with Gasteiger partial charge in [0.05, 0.1) is 5.41 Å². The van der Waals surface area contributed by atoms with Crippen LogP contribution in [0.25, 0.3) is 0 Å².